The first-order valence-corrected chi connectivity index (χ1v) is 6.88. The summed E-state index contributed by atoms with van der Waals surface area (Å²) < 4.78 is 0. The van der Waals surface area contributed by atoms with E-state index in [0.29, 0.717) is 0 Å². The zero-order valence-electron chi connectivity index (χ0n) is 11.4. The van der Waals surface area contributed by atoms with Crippen LogP contribution in [0, 0.1) is 5.41 Å². The van der Waals surface area contributed by atoms with Gasteiger partial charge in [0.1, 0.15) is 0 Å². The maximum absolute atomic E-state index is 6.75. The van der Waals surface area contributed by atoms with E-state index in [0.717, 1.165) is 12.8 Å². The van der Waals surface area contributed by atoms with Crippen LogP contribution in [0.3, 0.4) is 0 Å². The molecule has 0 amide bonds. The zero-order valence-corrected chi connectivity index (χ0v) is 11.4. The molecule has 94 valence electrons. The standard InChI is InChI=1S/C16H25N/c1-4-13-7-9-14(10-8-13)16(17)12-6-5-11-15(16,2)3/h7-10H,4-6,11-12,17H2,1-3H3. The Kier molecular flexibility index (Phi) is 3.31. The number of benzene rings is 1. The monoisotopic (exact) mass is 231 g/mol. The van der Waals surface area contributed by atoms with Gasteiger partial charge in [-0.25, -0.2) is 0 Å². The van der Waals surface area contributed by atoms with Crippen molar-refractivity contribution >= 4 is 0 Å². The molecule has 1 aromatic carbocycles. The lowest BCUT2D eigenvalue weighted by molar-refractivity contribution is 0.0978. The van der Waals surface area contributed by atoms with Crippen LogP contribution >= 0.6 is 0 Å². The Morgan fingerprint density at radius 1 is 1.06 bits per heavy atom. The first kappa shape index (κ1) is 12.6. The predicted octanol–water partition coefficient (Wildman–Crippen LogP) is 4.00. The minimum Gasteiger partial charge on any atom is -0.321 e. The molecule has 0 aliphatic heterocycles. The molecule has 0 radical (unpaired) electrons. The molecule has 1 unspecified atom stereocenters. The summed E-state index contributed by atoms with van der Waals surface area (Å²) in [5.74, 6) is 0. The van der Waals surface area contributed by atoms with Crippen molar-refractivity contribution in [2.45, 2.75) is 58.4 Å². The van der Waals surface area contributed by atoms with E-state index in [-0.39, 0.29) is 11.0 Å². The second kappa shape index (κ2) is 4.45. The maximum Gasteiger partial charge on any atom is 0.0461 e. The van der Waals surface area contributed by atoms with Crippen LogP contribution in [0.2, 0.25) is 0 Å². The second-order valence-electron chi connectivity index (χ2n) is 6.11. The summed E-state index contributed by atoms with van der Waals surface area (Å²) in [6.07, 6.45) is 6.03. The van der Waals surface area contributed by atoms with E-state index >= 15 is 0 Å². The first-order valence-electron chi connectivity index (χ1n) is 6.88. The molecule has 0 aromatic heterocycles. The molecule has 1 fully saturated rings. The Labute approximate surface area is 105 Å². The normalized spacial score (nSPS) is 28.0. The lowest BCUT2D eigenvalue weighted by Gasteiger charge is -2.48. The molecule has 2 N–H and O–H groups in total. The van der Waals surface area contributed by atoms with Gasteiger partial charge in [-0.2, -0.15) is 0 Å². The van der Waals surface area contributed by atoms with Gasteiger partial charge in [0.25, 0.3) is 0 Å². The summed E-state index contributed by atoms with van der Waals surface area (Å²) >= 11 is 0. The predicted molar refractivity (Wildman–Crippen MR) is 73.9 cm³/mol. The summed E-state index contributed by atoms with van der Waals surface area (Å²) in [6.45, 7) is 6.83. The lowest BCUT2D eigenvalue weighted by Crippen LogP contribution is -2.51. The number of hydrogen-bond donors (Lipinski definition) is 1. The minimum atomic E-state index is -0.141. The van der Waals surface area contributed by atoms with Crippen LogP contribution in [0.5, 0.6) is 0 Å². The van der Waals surface area contributed by atoms with Crippen molar-refractivity contribution < 1.29 is 0 Å². The van der Waals surface area contributed by atoms with Gasteiger partial charge in [-0.15, -0.1) is 0 Å². The molecule has 1 aliphatic carbocycles. The topological polar surface area (TPSA) is 26.0 Å². The van der Waals surface area contributed by atoms with Gasteiger partial charge < -0.3 is 5.73 Å². The third-order valence-electron chi connectivity index (χ3n) is 4.71. The molecule has 0 bridgehead atoms. The molecule has 17 heavy (non-hydrogen) atoms. The van der Waals surface area contributed by atoms with E-state index in [9.17, 15) is 0 Å². The van der Waals surface area contributed by atoms with Crippen molar-refractivity contribution in [1.29, 1.82) is 0 Å². The molecule has 1 saturated carbocycles. The quantitative estimate of drug-likeness (QED) is 0.818. The lowest BCUT2D eigenvalue weighted by atomic mass is 9.61. The fourth-order valence-electron chi connectivity index (χ4n) is 3.11. The van der Waals surface area contributed by atoms with Gasteiger partial charge in [0.2, 0.25) is 0 Å². The molecule has 1 aromatic rings. The molecular weight excluding hydrogens is 206 g/mol. The van der Waals surface area contributed by atoms with E-state index in [1.807, 2.05) is 0 Å². The third-order valence-corrected chi connectivity index (χ3v) is 4.71. The summed E-state index contributed by atoms with van der Waals surface area (Å²) in [5.41, 5.74) is 9.53. The van der Waals surface area contributed by atoms with Crippen molar-refractivity contribution in [2.75, 3.05) is 0 Å². The second-order valence-corrected chi connectivity index (χ2v) is 6.11. The third kappa shape index (κ3) is 2.13. The van der Waals surface area contributed by atoms with Gasteiger partial charge >= 0.3 is 0 Å². The molecule has 1 heteroatoms. The van der Waals surface area contributed by atoms with Crippen molar-refractivity contribution in [1.82, 2.24) is 0 Å². The minimum absolute atomic E-state index is 0.141. The van der Waals surface area contributed by atoms with Crippen molar-refractivity contribution in [3.8, 4) is 0 Å². The van der Waals surface area contributed by atoms with Crippen LogP contribution in [0.15, 0.2) is 24.3 Å². The molecule has 0 saturated heterocycles. The van der Waals surface area contributed by atoms with Gasteiger partial charge in [0.15, 0.2) is 0 Å². The van der Waals surface area contributed by atoms with E-state index in [1.165, 1.54) is 30.4 Å². The highest BCUT2D eigenvalue weighted by Gasteiger charge is 2.44. The van der Waals surface area contributed by atoms with Crippen molar-refractivity contribution in [3.05, 3.63) is 35.4 Å². The molecule has 1 aliphatic rings. The van der Waals surface area contributed by atoms with Crippen molar-refractivity contribution in [2.24, 2.45) is 11.1 Å². The molecule has 0 spiro atoms. The Bertz CT molecular complexity index is 377. The Morgan fingerprint density at radius 3 is 2.18 bits per heavy atom. The fraction of sp³-hybridized carbons (Fsp3) is 0.625. The fourth-order valence-corrected chi connectivity index (χ4v) is 3.11. The largest absolute Gasteiger partial charge is 0.321 e. The first-order chi connectivity index (χ1) is 7.99. The van der Waals surface area contributed by atoms with Crippen molar-refractivity contribution in [3.63, 3.8) is 0 Å². The van der Waals surface area contributed by atoms with Gasteiger partial charge in [-0.3, -0.25) is 0 Å². The molecule has 0 heterocycles. The highest BCUT2D eigenvalue weighted by molar-refractivity contribution is 5.31. The number of aryl methyl sites for hydroxylation is 1. The van der Waals surface area contributed by atoms with Gasteiger partial charge in [-0.05, 0) is 35.8 Å². The molecular formula is C16H25N. The van der Waals surface area contributed by atoms with E-state index in [2.05, 4.69) is 45.0 Å². The SMILES string of the molecule is CCc1ccc(C2(N)CCCCC2(C)C)cc1. The van der Waals surface area contributed by atoms with Gasteiger partial charge in [0.05, 0.1) is 0 Å². The molecule has 1 nitrogen and oxygen atoms in total. The smallest absolute Gasteiger partial charge is 0.0461 e. The van der Waals surface area contributed by atoms with Crippen LogP contribution in [-0.4, -0.2) is 0 Å². The zero-order chi connectivity index (χ0) is 12.5. The van der Waals surface area contributed by atoms with Crippen LogP contribution in [0.25, 0.3) is 0 Å². The molecule has 2 rings (SSSR count). The highest BCUT2D eigenvalue weighted by atomic mass is 14.8. The van der Waals surface area contributed by atoms with Gasteiger partial charge in [0, 0.05) is 5.54 Å². The van der Waals surface area contributed by atoms with E-state index in [1.54, 1.807) is 0 Å². The summed E-state index contributed by atoms with van der Waals surface area (Å²) in [4.78, 5) is 0. The Hall–Kier alpha value is -0.820. The average molecular weight is 231 g/mol. The summed E-state index contributed by atoms with van der Waals surface area (Å²) in [7, 11) is 0. The Morgan fingerprint density at radius 2 is 1.65 bits per heavy atom. The van der Waals surface area contributed by atoms with E-state index < -0.39 is 0 Å². The van der Waals surface area contributed by atoms with Crippen LogP contribution in [0.1, 0.15) is 57.6 Å². The van der Waals surface area contributed by atoms with Crippen LogP contribution in [-0.2, 0) is 12.0 Å². The summed E-state index contributed by atoms with van der Waals surface area (Å²) in [5, 5.41) is 0. The van der Waals surface area contributed by atoms with E-state index in [4.69, 9.17) is 5.73 Å². The summed E-state index contributed by atoms with van der Waals surface area (Å²) in [6, 6.07) is 8.95. The number of hydrogen-bond acceptors (Lipinski definition) is 1. The van der Waals surface area contributed by atoms with Crippen LogP contribution < -0.4 is 5.73 Å². The van der Waals surface area contributed by atoms with Crippen LogP contribution in [0.4, 0.5) is 0 Å². The highest BCUT2D eigenvalue weighted by Crippen LogP contribution is 2.48. The van der Waals surface area contributed by atoms with Gasteiger partial charge in [-0.1, -0.05) is 57.9 Å². The maximum atomic E-state index is 6.75. The Balaban J connectivity index is 2.35. The number of nitrogens with two attached hydrogens (primary N) is 1. The number of rotatable bonds is 2. The molecule has 1 atom stereocenters. The average Bonchev–Trinajstić information content (AvgIpc) is 2.33.